The third-order valence-corrected chi connectivity index (χ3v) is 3.53. The monoisotopic (exact) mass is 272 g/mol. The van der Waals surface area contributed by atoms with E-state index in [4.69, 9.17) is 5.73 Å². The smallest absolute Gasteiger partial charge is 0.137 e. The van der Waals surface area contributed by atoms with Gasteiger partial charge < -0.3 is 11.1 Å². The third kappa shape index (κ3) is 3.83. The molecule has 0 saturated carbocycles. The Morgan fingerprint density at radius 1 is 1.20 bits per heavy atom. The molecule has 0 aliphatic heterocycles. The van der Waals surface area contributed by atoms with Crippen molar-refractivity contribution < 1.29 is 0 Å². The van der Waals surface area contributed by atoms with Gasteiger partial charge in [0.15, 0.2) is 0 Å². The van der Waals surface area contributed by atoms with Crippen LogP contribution in [0.2, 0.25) is 0 Å². The predicted molar refractivity (Wildman–Crippen MR) is 85.8 cm³/mol. The highest BCUT2D eigenvalue weighted by atomic mass is 15.0. The Hall–Kier alpha value is -1.84. The van der Waals surface area contributed by atoms with E-state index in [9.17, 15) is 0 Å². The van der Waals surface area contributed by atoms with Gasteiger partial charge in [0.05, 0.1) is 5.52 Å². The first kappa shape index (κ1) is 14.6. The maximum Gasteiger partial charge on any atom is 0.137 e. The average molecular weight is 272 g/mol. The Morgan fingerprint density at radius 2 is 2.05 bits per heavy atom. The van der Waals surface area contributed by atoms with E-state index in [1.165, 1.54) is 25.7 Å². The van der Waals surface area contributed by atoms with E-state index >= 15 is 0 Å². The minimum atomic E-state index is 0.409. The summed E-state index contributed by atoms with van der Waals surface area (Å²) in [4.78, 5) is 8.62. The van der Waals surface area contributed by atoms with Gasteiger partial charge in [-0.3, -0.25) is 0 Å². The highest BCUT2D eigenvalue weighted by Crippen LogP contribution is 2.22. The average Bonchev–Trinajstić information content (AvgIpc) is 2.44. The van der Waals surface area contributed by atoms with Crippen LogP contribution in [0.5, 0.6) is 0 Å². The molecule has 108 valence electrons. The molecule has 3 N–H and O–H groups in total. The minimum absolute atomic E-state index is 0.409. The highest BCUT2D eigenvalue weighted by molar-refractivity contribution is 5.91. The second-order valence-electron chi connectivity index (χ2n) is 5.39. The Morgan fingerprint density at radius 3 is 2.85 bits per heavy atom. The number of hydrogen-bond donors (Lipinski definition) is 2. The van der Waals surface area contributed by atoms with Crippen molar-refractivity contribution in [2.24, 2.45) is 0 Å². The van der Waals surface area contributed by atoms with Crippen molar-refractivity contribution in [1.29, 1.82) is 0 Å². The largest absolute Gasteiger partial charge is 0.399 e. The second kappa shape index (κ2) is 7.08. The Labute approximate surface area is 120 Å². The summed E-state index contributed by atoms with van der Waals surface area (Å²) in [5.74, 6) is 0.880. The number of fused-ring (bicyclic) bond motifs is 1. The molecule has 0 aliphatic rings. The van der Waals surface area contributed by atoms with E-state index < -0.39 is 0 Å². The molecule has 0 amide bonds. The van der Waals surface area contributed by atoms with Crippen LogP contribution in [0.4, 0.5) is 11.5 Å². The van der Waals surface area contributed by atoms with Gasteiger partial charge in [-0.15, -0.1) is 0 Å². The van der Waals surface area contributed by atoms with Crippen molar-refractivity contribution in [2.45, 2.75) is 52.0 Å². The fourth-order valence-corrected chi connectivity index (χ4v) is 2.37. The summed E-state index contributed by atoms with van der Waals surface area (Å²) in [6.45, 7) is 4.44. The van der Waals surface area contributed by atoms with E-state index in [0.717, 1.165) is 28.8 Å². The number of rotatable bonds is 7. The first-order chi connectivity index (χ1) is 9.70. The molecule has 4 nitrogen and oxygen atoms in total. The Kier molecular flexibility index (Phi) is 5.16. The van der Waals surface area contributed by atoms with Gasteiger partial charge >= 0.3 is 0 Å². The van der Waals surface area contributed by atoms with Gasteiger partial charge in [0.2, 0.25) is 0 Å². The van der Waals surface area contributed by atoms with E-state index in [1.807, 2.05) is 18.2 Å². The van der Waals surface area contributed by atoms with E-state index in [1.54, 1.807) is 6.33 Å². The summed E-state index contributed by atoms with van der Waals surface area (Å²) in [7, 11) is 0. The van der Waals surface area contributed by atoms with Crippen molar-refractivity contribution in [3.63, 3.8) is 0 Å². The predicted octanol–water partition coefficient (Wildman–Crippen LogP) is 3.98. The van der Waals surface area contributed by atoms with Gasteiger partial charge in [0.1, 0.15) is 12.1 Å². The van der Waals surface area contributed by atoms with Crippen LogP contribution in [-0.2, 0) is 0 Å². The number of hydrogen-bond acceptors (Lipinski definition) is 4. The van der Waals surface area contributed by atoms with Gasteiger partial charge in [-0.1, -0.05) is 32.6 Å². The zero-order chi connectivity index (χ0) is 14.4. The molecule has 1 aromatic carbocycles. The summed E-state index contributed by atoms with van der Waals surface area (Å²) >= 11 is 0. The normalized spacial score (nSPS) is 12.5. The molecule has 1 heterocycles. The van der Waals surface area contributed by atoms with E-state index in [2.05, 4.69) is 29.1 Å². The first-order valence-electron chi connectivity index (χ1n) is 7.47. The molecule has 4 heteroatoms. The summed E-state index contributed by atoms with van der Waals surface area (Å²) < 4.78 is 0. The zero-order valence-electron chi connectivity index (χ0n) is 12.4. The van der Waals surface area contributed by atoms with Crippen LogP contribution in [0.25, 0.3) is 10.9 Å². The molecule has 0 fully saturated rings. The van der Waals surface area contributed by atoms with Crippen LogP contribution in [0.15, 0.2) is 24.5 Å². The summed E-state index contributed by atoms with van der Waals surface area (Å²) in [6, 6.07) is 6.14. The lowest BCUT2D eigenvalue weighted by Crippen LogP contribution is -2.16. The van der Waals surface area contributed by atoms with Gasteiger partial charge in [0.25, 0.3) is 0 Å². The van der Waals surface area contributed by atoms with Crippen molar-refractivity contribution in [1.82, 2.24) is 9.97 Å². The van der Waals surface area contributed by atoms with Crippen LogP contribution in [-0.4, -0.2) is 16.0 Å². The highest BCUT2D eigenvalue weighted by Gasteiger charge is 2.07. The van der Waals surface area contributed by atoms with Gasteiger partial charge in [-0.05, 0) is 31.5 Å². The molecule has 1 atom stereocenters. The van der Waals surface area contributed by atoms with Gasteiger partial charge in [0, 0.05) is 17.1 Å². The van der Waals surface area contributed by atoms with Crippen LogP contribution in [0, 0.1) is 0 Å². The van der Waals surface area contributed by atoms with Crippen molar-refractivity contribution in [3.8, 4) is 0 Å². The number of aromatic nitrogens is 2. The topological polar surface area (TPSA) is 63.8 Å². The maximum atomic E-state index is 5.85. The summed E-state index contributed by atoms with van der Waals surface area (Å²) in [5, 5.41) is 4.48. The van der Waals surface area contributed by atoms with Crippen LogP contribution >= 0.6 is 0 Å². The molecule has 0 spiro atoms. The van der Waals surface area contributed by atoms with Crippen molar-refractivity contribution >= 4 is 22.4 Å². The molecule has 20 heavy (non-hydrogen) atoms. The lowest BCUT2D eigenvalue weighted by atomic mass is 10.1. The quantitative estimate of drug-likeness (QED) is 0.591. The van der Waals surface area contributed by atoms with Crippen molar-refractivity contribution in [3.05, 3.63) is 24.5 Å². The van der Waals surface area contributed by atoms with E-state index in [-0.39, 0.29) is 0 Å². The van der Waals surface area contributed by atoms with Crippen LogP contribution in [0.1, 0.15) is 46.0 Å². The zero-order valence-corrected chi connectivity index (χ0v) is 12.4. The van der Waals surface area contributed by atoms with Crippen LogP contribution in [0.3, 0.4) is 0 Å². The molecule has 0 bridgehead atoms. The van der Waals surface area contributed by atoms with Gasteiger partial charge in [-0.25, -0.2) is 9.97 Å². The second-order valence-corrected chi connectivity index (χ2v) is 5.39. The van der Waals surface area contributed by atoms with Crippen LogP contribution < -0.4 is 11.1 Å². The standard InChI is InChI=1S/C16H24N4/c1-3-4-5-6-7-12(2)20-16-14-10-13(17)8-9-15(14)18-11-19-16/h8-12H,3-7,17H2,1-2H3,(H,18,19,20). The lowest BCUT2D eigenvalue weighted by molar-refractivity contribution is 0.593. The molecular weight excluding hydrogens is 248 g/mol. The molecule has 0 aliphatic carbocycles. The SMILES string of the molecule is CCCCCCC(C)Nc1ncnc2ccc(N)cc12. The number of nitrogens with one attached hydrogen (secondary N) is 1. The Bertz CT molecular complexity index is 553. The minimum Gasteiger partial charge on any atom is -0.399 e. The third-order valence-electron chi connectivity index (χ3n) is 3.53. The molecular formula is C16H24N4. The van der Waals surface area contributed by atoms with Gasteiger partial charge in [-0.2, -0.15) is 0 Å². The summed E-state index contributed by atoms with van der Waals surface area (Å²) in [6.07, 6.45) is 7.92. The molecule has 0 saturated heterocycles. The molecule has 2 aromatic rings. The fraction of sp³-hybridized carbons (Fsp3) is 0.500. The van der Waals surface area contributed by atoms with E-state index in [0.29, 0.717) is 6.04 Å². The summed E-state index contributed by atoms with van der Waals surface area (Å²) in [5.41, 5.74) is 7.52. The molecule has 0 radical (unpaired) electrons. The first-order valence-corrected chi connectivity index (χ1v) is 7.47. The maximum absolute atomic E-state index is 5.85. The number of benzene rings is 1. The Balaban J connectivity index is 2.03. The molecule has 1 aromatic heterocycles. The lowest BCUT2D eigenvalue weighted by Gasteiger charge is -2.15. The number of nitrogens with zero attached hydrogens (tertiary/aromatic N) is 2. The van der Waals surface area contributed by atoms with Crippen molar-refractivity contribution in [2.75, 3.05) is 11.1 Å². The molecule has 1 unspecified atom stereocenters. The number of nitrogen functional groups attached to an aromatic ring is 1. The molecule has 2 rings (SSSR count). The number of nitrogens with two attached hydrogens (primary N) is 1. The number of unbranched alkanes of at least 4 members (excludes halogenated alkanes) is 3. The number of anilines is 2. The fourth-order valence-electron chi connectivity index (χ4n) is 2.37.